The Morgan fingerprint density at radius 2 is 2.29 bits per heavy atom. The largest absolute Gasteiger partial charge is 0.407 e. The number of hydrogen-bond donors (Lipinski definition) is 3. The van der Waals surface area contributed by atoms with Crippen molar-refractivity contribution in [3.8, 4) is 0 Å². The van der Waals surface area contributed by atoms with E-state index in [9.17, 15) is 4.79 Å². The van der Waals surface area contributed by atoms with E-state index in [4.69, 9.17) is 4.42 Å². The molecule has 1 heterocycles. The van der Waals surface area contributed by atoms with Crippen molar-refractivity contribution < 1.29 is 9.21 Å². The van der Waals surface area contributed by atoms with Gasteiger partial charge in [0.15, 0.2) is 0 Å². The summed E-state index contributed by atoms with van der Waals surface area (Å²) in [4.78, 5) is 11.4. The van der Waals surface area contributed by atoms with Crippen molar-refractivity contribution in [3.63, 3.8) is 0 Å². The van der Waals surface area contributed by atoms with Crippen LogP contribution in [0.4, 0.5) is 6.01 Å². The van der Waals surface area contributed by atoms with Gasteiger partial charge in [-0.25, -0.2) is 0 Å². The number of nitrogens with zero attached hydrogens (tertiary/aromatic N) is 2. The van der Waals surface area contributed by atoms with Gasteiger partial charge in [0.2, 0.25) is 11.8 Å². The molecule has 0 spiro atoms. The zero-order valence-corrected chi connectivity index (χ0v) is 9.82. The number of nitrogens with one attached hydrogen (secondary N) is 3. The molecule has 1 fully saturated rings. The smallest absolute Gasteiger partial charge is 0.315 e. The molecule has 1 aliphatic rings. The molecule has 0 saturated heterocycles. The zero-order valence-electron chi connectivity index (χ0n) is 9.82. The zero-order chi connectivity index (χ0) is 12.1. The predicted octanol–water partition coefficient (Wildman–Crippen LogP) is -0.130. The van der Waals surface area contributed by atoms with Gasteiger partial charge in [-0.1, -0.05) is 5.10 Å². The molecule has 0 radical (unpaired) electrons. The lowest BCUT2D eigenvalue weighted by atomic mass is 10.4. The Morgan fingerprint density at radius 1 is 1.47 bits per heavy atom. The lowest BCUT2D eigenvalue weighted by Gasteiger charge is -2.02. The van der Waals surface area contributed by atoms with Crippen molar-refractivity contribution in [2.75, 3.05) is 18.9 Å². The van der Waals surface area contributed by atoms with Gasteiger partial charge in [-0.05, 0) is 19.9 Å². The Hall–Kier alpha value is -1.63. The normalized spacial score (nSPS) is 14.6. The molecule has 0 aromatic carbocycles. The fourth-order valence-electron chi connectivity index (χ4n) is 1.36. The van der Waals surface area contributed by atoms with Gasteiger partial charge in [-0.2, -0.15) is 0 Å². The van der Waals surface area contributed by atoms with Crippen LogP contribution >= 0.6 is 0 Å². The average Bonchev–Trinajstić information content (AvgIpc) is 2.99. The van der Waals surface area contributed by atoms with Crippen LogP contribution in [0, 0.1) is 0 Å². The molecule has 1 aromatic heterocycles. The SMILES string of the molecule is CNCc1nnc(NCCC(=O)NC2CC2)o1. The molecular weight excluding hydrogens is 222 g/mol. The lowest BCUT2D eigenvalue weighted by molar-refractivity contribution is -0.120. The Labute approximate surface area is 99.4 Å². The maximum atomic E-state index is 11.4. The van der Waals surface area contributed by atoms with Gasteiger partial charge in [-0.3, -0.25) is 4.79 Å². The molecule has 7 nitrogen and oxygen atoms in total. The number of anilines is 1. The second-order valence-electron chi connectivity index (χ2n) is 4.05. The van der Waals surface area contributed by atoms with Crippen molar-refractivity contribution in [2.45, 2.75) is 31.8 Å². The highest BCUT2D eigenvalue weighted by molar-refractivity contribution is 5.77. The molecule has 0 bridgehead atoms. The van der Waals surface area contributed by atoms with Crippen LogP contribution in [0.1, 0.15) is 25.2 Å². The van der Waals surface area contributed by atoms with E-state index < -0.39 is 0 Å². The van der Waals surface area contributed by atoms with Crippen LogP contribution in [0.5, 0.6) is 0 Å². The summed E-state index contributed by atoms with van der Waals surface area (Å²) in [7, 11) is 1.81. The van der Waals surface area contributed by atoms with Crippen molar-refractivity contribution in [3.05, 3.63) is 5.89 Å². The second kappa shape index (κ2) is 5.62. The van der Waals surface area contributed by atoms with Gasteiger partial charge >= 0.3 is 6.01 Å². The van der Waals surface area contributed by atoms with E-state index >= 15 is 0 Å². The first-order valence-corrected chi connectivity index (χ1v) is 5.78. The van der Waals surface area contributed by atoms with Crippen LogP contribution in [-0.4, -0.2) is 35.7 Å². The maximum absolute atomic E-state index is 11.4. The third-order valence-electron chi connectivity index (χ3n) is 2.37. The van der Waals surface area contributed by atoms with Gasteiger partial charge in [0, 0.05) is 19.0 Å². The summed E-state index contributed by atoms with van der Waals surface area (Å²) in [5.41, 5.74) is 0. The highest BCUT2D eigenvalue weighted by Crippen LogP contribution is 2.18. The number of hydrogen-bond acceptors (Lipinski definition) is 6. The highest BCUT2D eigenvalue weighted by Gasteiger charge is 2.22. The first-order chi connectivity index (χ1) is 8.28. The molecule has 3 N–H and O–H groups in total. The Bertz CT molecular complexity index is 375. The Kier molecular flexibility index (Phi) is 3.92. The lowest BCUT2D eigenvalue weighted by Crippen LogP contribution is -2.27. The van der Waals surface area contributed by atoms with Gasteiger partial charge in [0.05, 0.1) is 6.54 Å². The van der Waals surface area contributed by atoms with E-state index in [2.05, 4.69) is 26.1 Å². The molecule has 1 aliphatic carbocycles. The van der Waals surface area contributed by atoms with E-state index in [1.54, 1.807) is 7.05 Å². The van der Waals surface area contributed by atoms with Crippen molar-refractivity contribution in [2.24, 2.45) is 0 Å². The third-order valence-corrected chi connectivity index (χ3v) is 2.37. The standard InChI is InChI=1S/C10H17N5O2/c1-11-6-9-14-15-10(17-9)12-5-4-8(16)13-7-2-3-7/h7,11H,2-6H2,1H3,(H,12,15)(H,13,16). The van der Waals surface area contributed by atoms with E-state index in [1.807, 2.05) is 0 Å². The summed E-state index contributed by atoms with van der Waals surface area (Å²) in [5, 5.41) is 16.4. The number of carbonyl (C=O) groups excluding carboxylic acids is 1. The summed E-state index contributed by atoms with van der Waals surface area (Å²) in [6.45, 7) is 1.04. The Morgan fingerprint density at radius 3 is 3.00 bits per heavy atom. The minimum atomic E-state index is 0.0648. The summed E-state index contributed by atoms with van der Waals surface area (Å²) in [5.74, 6) is 0.590. The highest BCUT2D eigenvalue weighted by atomic mass is 16.4. The predicted molar refractivity (Wildman–Crippen MR) is 61.3 cm³/mol. The number of carbonyl (C=O) groups is 1. The quantitative estimate of drug-likeness (QED) is 0.614. The van der Waals surface area contributed by atoms with Gasteiger partial charge in [0.1, 0.15) is 0 Å². The minimum absolute atomic E-state index is 0.0648. The molecule has 2 rings (SSSR count). The summed E-state index contributed by atoms with van der Waals surface area (Å²) < 4.78 is 5.27. The van der Waals surface area contributed by atoms with Crippen LogP contribution in [0.15, 0.2) is 4.42 Å². The fourth-order valence-corrected chi connectivity index (χ4v) is 1.36. The monoisotopic (exact) mass is 239 g/mol. The number of aromatic nitrogens is 2. The maximum Gasteiger partial charge on any atom is 0.315 e. The molecule has 94 valence electrons. The summed E-state index contributed by atoms with van der Waals surface area (Å²) >= 11 is 0. The fraction of sp³-hybridized carbons (Fsp3) is 0.700. The second-order valence-corrected chi connectivity index (χ2v) is 4.05. The van der Waals surface area contributed by atoms with Gasteiger partial charge in [0.25, 0.3) is 0 Å². The number of amides is 1. The topological polar surface area (TPSA) is 92.1 Å². The third kappa shape index (κ3) is 4.03. The van der Waals surface area contributed by atoms with Gasteiger partial charge in [-0.15, -0.1) is 5.10 Å². The van der Waals surface area contributed by atoms with E-state index in [0.717, 1.165) is 12.8 Å². The molecule has 0 unspecified atom stereocenters. The average molecular weight is 239 g/mol. The van der Waals surface area contributed by atoms with Gasteiger partial charge < -0.3 is 20.4 Å². The first kappa shape index (κ1) is 11.8. The van der Waals surface area contributed by atoms with E-state index in [1.165, 1.54) is 0 Å². The van der Waals surface area contributed by atoms with E-state index in [-0.39, 0.29) is 5.91 Å². The first-order valence-electron chi connectivity index (χ1n) is 5.78. The molecule has 17 heavy (non-hydrogen) atoms. The molecule has 1 aromatic rings. The van der Waals surface area contributed by atoms with Crippen molar-refractivity contribution >= 4 is 11.9 Å². The van der Waals surface area contributed by atoms with Crippen LogP contribution < -0.4 is 16.0 Å². The molecule has 1 amide bonds. The van der Waals surface area contributed by atoms with Crippen LogP contribution in [0.2, 0.25) is 0 Å². The van der Waals surface area contributed by atoms with Crippen LogP contribution in [-0.2, 0) is 11.3 Å². The van der Waals surface area contributed by atoms with Crippen molar-refractivity contribution in [1.82, 2.24) is 20.8 Å². The number of rotatable bonds is 7. The molecule has 7 heteroatoms. The van der Waals surface area contributed by atoms with Crippen LogP contribution in [0.25, 0.3) is 0 Å². The summed E-state index contributed by atoms with van der Waals surface area (Å²) in [6, 6.07) is 0.766. The van der Waals surface area contributed by atoms with E-state index in [0.29, 0.717) is 37.5 Å². The molecule has 0 aliphatic heterocycles. The Balaban J connectivity index is 1.64. The molecule has 0 atom stereocenters. The molecule has 1 saturated carbocycles. The minimum Gasteiger partial charge on any atom is -0.407 e. The molecular formula is C10H17N5O2. The van der Waals surface area contributed by atoms with Crippen LogP contribution in [0.3, 0.4) is 0 Å². The van der Waals surface area contributed by atoms with Crippen molar-refractivity contribution in [1.29, 1.82) is 0 Å². The summed E-state index contributed by atoms with van der Waals surface area (Å²) in [6.07, 6.45) is 2.63.